The number of amides is 1. The molecule has 1 aliphatic rings. The minimum Gasteiger partial charge on any atom is -0.359 e. The molecule has 0 atom stereocenters. The number of carbonyl (C=O) groups is 1. The van der Waals surface area contributed by atoms with Crippen LogP contribution < -0.4 is 5.32 Å². The summed E-state index contributed by atoms with van der Waals surface area (Å²) in [6.45, 7) is 7.77. The third-order valence-electron chi connectivity index (χ3n) is 4.03. The van der Waals surface area contributed by atoms with Crippen LogP contribution in [0.3, 0.4) is 0 Å². The molecule has 22 heavy (non-hydrogen) atoms. The molecule has 0 saturated heterocycles. The fourth-order valence-corrected chi connectivity index (χ4v) is 2.86. The SMILES string of the molecule is C=CCc1c(C)[nH]c(/C=C2\C(=O)Nc3ccc(F)cc32)c1C. The zero-order valence-corrected chi connectivity index (χ0v) is 12.6. The van der Waals surface area contributed by atoms with Crippen molar-refractivity contribution in [1.82, 2.24) is 4.98 Å². The van der Waals surface area contributed by atoms with Crippen molar-refractivity contribution in [2.45, 2.75) is 20.3 Å². The van der Waals surface area contributed by atoms with Crippen LogP contribution in [0.4, 0.5) is 10.1 Å². The first-order chi connectivity index (χ1) is 10.5. The summed E-state index contributed by atoms with van der Waals surface area (Å²) in [4.78, 5) is 15.4. The Balaban J connectivity index is 2.11. The van der Waals surface area contributed by atoms with Gasteiger partial charge in [-0.25, -0.2) is 4.39 Å². The third-order valence-corrected chi connectivity index (χ3v) is 4.03. The number of hydrogen-bond donors (Lipinski definition) is 2. The maximum atomic E-state index is 13.5. The first-order valence-electron chi connectivity index (χ1n) is 7.13. The minimum absolute atomic E-state index is 0.211. The number of fused-ring (bicyclic) bond motifs is 1. The molecule has 4 heteroatoms. The van der Waals surface area contributed by atoms with Gasteiger partial charge in [0.15, 0.2) is 0 Å². The van der Waals surface area contributed by atoms with Crippen LogP contribution >= 0.6 is 0 Å². The van der Waals surface area contributed by atoms with Gasteiger partial charge < -0.3 is 10.3 Å². The molecule has 1 aromatic carbocycles. The first kappa shape index (κ1) is 14.3. The van der Waals surface area contributed by atoms with E-state index in [-0.39, 0.29) is 11.7 Å². The number of aromatic nitrogens is 1. The normalized spacial score (nSPS) is 15.0. The summed E-state index contributed by atoms with van der Waals surface area (Å²) in [5.74, 6) is -0.564. The molecule has 0 aliphatic carbocycles. The van der Waals surface area contributed by atoms with Crippen LogP contribution in [0.1, 0.15) is 28.1 Å². The van der Waals surface area contributed by atoms with Gasteiger partial charge in [0.2, 0.25) is 0 Å². The lowest BCUT2D eigenvalue weighted by Gasteiger charge is -2.00. The van der Waals surface area contributed by atoms with Crippen LogP contribution in [-0.2, 0) is 11.2 Å². The van der Waals surface area contributed by atoms with E-state index >= 15 is 0 Å². The minimum atomic E-state index is -0.354. The standard InChI is InChI=1S/C18H17FN2O/c1-4-5-13-10(2)17(20-11(13)3)9-15-14-8-12(19)6-7-16(14)21-18(15)22/h4,6-9,20H,1,5H2,2-3H3,(H,21,22)/b15-9-. The van der Waals surface area contributed by atoms with E-state index in [1.807, 2.05) is 19.9 Å². The van der Waals surface area contributed by atoms with Crippen molar-refractivity contribution in [2.24, 2.45) is 0 Å². The molecule has 2 heterocycles. The molecule has 0 unspecified atom stereocenters. The monoisotopic (exact) mass is 296 g/mol. The average molecular weight is 296 g/mol. The van der Waals surface area contributed by atoms with Crippen LogP contribution in [0, 0.1) is 19.7 Å². The quantitative estimate of drug-likeness (QED) is 0.653. The van der Waals surface area contributed by atoms with E-state index < -0.39 is 0 Å². The Morgan fingerprint density at radius 3 is 2.82 bits per heavy atom. The number of rotatable bonds is 3. The zero-order valence-electron chi connectivity index (χ0n) is 12.6. The summed E-state index contributed by atoms with van der Waals surface area (Å²) in [6.07, 6.45) is 4.41. The van der Waals surface area contributed by atoms with E-state index in [9.17, 15) is 9.18 Å². The summed E-state index contributed by atoms with van der Waals surface area (Å²) < 4.78 is 13.5. The number of carbonyl (C=O) groups excluding carboxylic acids is 1. The molecular formula is C18H17FN2O. The number of allylic oxidation sites excluding steroid dienone is 1. The molecule has 2 N–H and O–H groups in total. The molecule has 0 saturated carbocycles. The highest BCUT2D eigenvalue weighted by molar-refractivity contribution is 6.34. The van der Waals surface area contributed by atoms with E-state index in [2.05, 4.69) is 16.9 Å². The predicted molar refractivity (Wildman–Crippen MR) is 87.1 cm³/mol. The lowest BCUT2D eigenvalue weighted by atomic mass is 10.0. The molecule has 112 valence electrons. The van der Waals surface area contributed by atoms with Gasteiger partial charge in [-0.15, -0.1) is 6.58 Å². The predicted octanol–water partition coefficient (Wildman–Crippen LogP) is 3.99. The number of anilines is 1. The summed E-state index contributed by atoms with van der Waals surface area (Å²) in [5.41, 5.74) is 5.91. The number of H-pyrrole nitrogens is 1. The molecule has 0 spiro atoms. The van der Waals surface area contributed by atoms with Gasteiger partial charge in [0.1, 0.15) is 5.82 Å². The lowest BCUT2D eigenvalue weighted by Crippen LogP contribution is -2.03. The lowest BCUT2D eigenvalue weighted by molar-refractivity contribution is -0.110. The molecule has 0 fully saturated rings. The number of hydrogen-bond acceptors (Lipinski definition) is 1. The third kappa shape index (κ3) is 2.26. The fourth-order valence-electron chi connectivity index (χ4n) is 2.86. The van der Waals surface area contributed by atoms with Crippen molar-refractivity contribution in [3.63, 3.8) is 0 Å². The van der Waals surface area contributed by atoms with Gasteiger partial charge in [0.25, 0.3) is 5.91 Å². The number of benzene rings is 1. The molecule has 3 nitrogen and oxygen atoms in total. The van der Waals surface area contributed by atoms with E-state index in [0.717, 1.165) is 23.4 Å². The highest BCUT2D eigenvalue weighted by atomic mass is 19.1. The molecule has 1 aromatic heterocycles. The first-order valence-corrected chi connectivity index (χ1v) is 7.13. The van der Waals surface area contributed by atoms with Crippen molar-refractivity contribution in [2.75, 3.05) is 5.32 Å². The second kappa shape index (κ2) is 5.30. The van der Waals surface area contributed by atoms with Crippen molar-refractivity contribution in [3.05, 3.63) is 64.7 Å². The molecule has 0 bridgehead atoms. The van der Waals surface area contributed by atoms with Crippen LogP contribution in [0.25, 0.3) is 11.6 Å². The summed E-state index contributed by atoms with van der Waals surface area (Å²) in [7, 11) is 0. The Hall–Kier alpha value is -2.62. The molecule has 0 radical (unpaired) electrons. The molecule has 1 aliphatic heterocycles. The van der Waals surface area contributed by atoms with Crippen LogP contribution in [0.15, 0.2) is 30.9 Å². The van der Waals surface area contributed by atoms with Crippen molar-refractivity contribution in [3.8, 4) is 0 Å². The molecule has 1 amide bonds. The van der Waals surface area contributed by atoms with Crippen LogP contribution in [0.2, 0.25) is 0 Å². The average Bonchev–Trinajstić information content (AvgIpc) is 2.92. The topological polar surface area (TPSA) is 44.9 Å². The van der Waals surface area contributed by atoms with E-state index in [1.54, 1.807) is 12.1 Å². The second-order valence-corrected chi connectivity index (χ2v) is 5.46. The van der Waals surface area contributed by atoms with Crippen molar-refractivity contribution >= 4 is 23.2 Å². The Morgan fingerprint density at radius 2 is 2.09 bits per heavy atom. The van der Waals surface area contributed by atoms with Gasteiger partial charge in [0, 0.05) is 22.6 Å². The van der Waals surface area contributed by atoms with Gasteiger partial charge in [-0.1, -0.05) is 6.08 Å². The molecule has 3 rings (SSSR count). The Morgan fingerprint density at radius 1 is 1.32 bits per heavy atom. The zero-order chi connectivity index (χ0) is 15.9. The van der Waals surface area contributed by atoms with Crippen LogP contribution in [0.5, 0.6) is 0 Å². The summed E-state index contributed by atoms with van der Waals surface area (Å²) in [5, 5.41) is 2.76. The molecular weight excluding hydrogens is 279 g/mol. The van der Waals surface area contributed by atoms with E-state index in [1.165, 1.54) is 17.7 Å². The fraction of sp³-hybridized carbons (Fsp3) is 0.167. The molecule has 2 aromatic rings. The van der Waals surface area contributed by atoms with Crippen molar-refractivity contribution in [1.29, 1.82) is 0 Å². The second-order valence-electron chi connectivity index (χ2n) is 5.46. The maximum absolute atomic E-state index is 13.5. The largest absolute Gasteiger partial charge is 0.359 e. The van der Waals surface area contributed by atoms with Crippen LogP contribution in [-0.4, -0.2) is 10.9 Å². The summed E-state index contributed by atoms with van der Waals surface area (Å²) in [6, 6.07) is 4.31. The van der Waals surface area contributed by atoms with Crippen molar-refractivity contribution < 1.29 is 9.18 Å². The Labute approximate surface area is 128 Å². The highest BCUT2D eigenvalue weighted by Gasteiger charge is 2.25. The van der Waals surface area contributed by atoms with Gasteiger partial charge in [-0.3, -0.25) is 4.79 Å². The number of nitrogens with one attached hydrogen (secondary N) is 2. The Bertz CT molecular complexity index is 815. The smallest absolute Gasteiger partial charge is 0.256 e. The van der Waals surface area contributed by atoms with Gasteiger partial charge in [-0.2, -0.15) is 0 Å². The van der Waals surface area contributed by atoms with Gasteiger partial charge in [0.05, 0.1) is 5.57 Å². The summed E-state index contributed by atoms with van der Waals surface area (Å²) >= 11 is 0. The number of aromatic amines is 1. The van der Waals surface area contributed by atoms with E-state index in [0.29, 0.717) is 16.8 Å². The maximum Gasteiger partial charge on any atom is 0.256 e. The van der Waals surface area contributed by atoms with Gasteiger partial charge in [-0.05, 0) is 55.7 Å². The number of aryl methyl sites for hydroxylation is 1. The Kier molecular flexibility index (Phi) is 3.45. The highest BCUT2D eigenvalue weighted by Crippen LogP contribution is 2.34. The van der Waals surface area contributed by atoms with Gasteiger partial charge >= 0.3 is 0 Å². The number of halogens is 1. The van der Waals surface area contributed by atoms with E-state index in [4.69, 9.17) is 0 Å².